The molecule has 0 nitrogen and oxygen atoms in total. The van der Waals surface area contributed by atoms with Gasteiger partial charge in [0.15, 0.2) is 0 Å². The summed E-state index contributed by atoms with van der Waals surface area (Å²) < 4.78 is 0. The van der Waals surface area contributed by atoms with Crippen LogP contribution in [0.15, 0.2) is 0 Å². The molecule has 0 aliphatic carbocycles. The van der Waals surface area contributed by atoms with Crippen LogP contribution in [0.2, 0.25) is 0 Å². The van der Waals surface area contributed by atoms with E-state index in [0.717, 1.165) is 12.8 Å². The molecule has 0 rings (SSSR count). The first kappa shape index (κ1) is 19.1. The normalized spacial score (nSPS) is 9.50. The average molecular weight is 274 g/mol. The highest BCUT2D eigenvalue weighted by Crippen LogP contribution is 2.06. The van der Waals surface area contributed by atoms with Crippen molar-refractivity contribution in [1.82, 2.24) is 0 Å². The molecule has 0 saturated heterocycles. The summed E-state index contributed by atoms with van der Waals surface area (Å²) in [6.45, 7) is 4.52. The zero-order valence-corrected chi connectivity index (χ0v) is 13.9. The smallest absolute Gasteiger partial charge is 0.00989 e. The van der Waals surface area contributed by atoms with Crippen LogP contribution < -0.4 is 0 Å². The summed E-state index contributed by atoms with van der Waals surface area (Å²) in [6, 6.07) is 0. The molecule has 0 heterocycles. The Bertz CT molecular complexity index is 259. The van der Waals surface area contributed by atoms with Crippen LogP contribution in [0.25, 0.3) is 0 Å². The third-order valence-corrected chi connectivity index (χ3v) is 3.55. The van der Waals surface area contributed by atoms with Crippen molar-refractivity contribution in [3.05, 3.63) is 0 Å². The number of hydrogen-bond donors (Lipinski definition) is 0. The molecule has 0 aliphatic heterocycles. The highest BCUT2D eigenvalue weighted by atomic mass is 13.9. The van der Waals surface area contributed by atoms with Crippen molar-refractivity contribution in [2.24, 2.45) is 0 Å². The van der Waals surface area contributed by atoms with Crippen LogP contribution in [0.5, 0.6) is 0 Å². The molecule has 0 aliphatic rings. The molecule has 0 aromatic rings. The predicted octanol–water partition coefficient (Wildman–Crippen LogP) is 6.49. The molecule has 0 aromatic carbocycles. The maximum atomic E-state index is 3.17. The summed E-state index contributed by atoms with van der Waals surface area (Å²) >= 11 is 0. The van der Waals surface area contributed by atoms with Crippen molar-refractivity contribution in [3.8, 4) is 23.7 Å². The first-order chi connectivity index (χ1) is 9.91. The Hall–Kier alpha value is -0.880. The molecule has 0 fully saturated rings. The Morgan fingerprint density at radius 2 is 0.800 bits per heavy atom. The zero-order valence-electron chi connectivity index (χ0n) is 13.9. The number of unbranched alkanes of at least 4 members (excludes halogenated alkanes) is 12. The third-order valence-electron chi connectivity index (χ3n) is 3.55. The third kappa shape index (κ3) is 17.1. The van der Waals surface area contributed by atoms with Crippen LogP contribution in [0.4, 0.5) is 0 Å². The Balaban J connectivity index is 3.24. The lowest BCUT2D eigenvalue weighted by atomic mass is 10.1. The fourth-order valence-electron chi connectivity index (χ4n) is 2.20. The maximum Gasteiger partial charge on any atom is 0.00989 e. The summed E-state index contributed by atoms with van der Waals surface area (Å²) in [4.78, 5) is 0. The molecule has 0 unspecified atom stereocenters. The SMILES string of the molecule is CCCCCCCCC#CC#CCCCCCCCC. The zero-order chi connectivity index (χ0) is 14.7. The first-order valence-corrected chi connectivity index (χ1v) is 8.87. The molecular weight excluding hydrogens is 240 g/mol. The van der Waals surface area contributed by atoms with Crippen LogP contribution in [0.1, 0.15) is 104 Å². The van der Waals surface area contributed by atoms with E-state index in [2.05, 4.69) is 37.5 Å². The van der Waals surface area contributed by atoms with E-state index in [9.17, 15) is 0 Å². The van der Waals surface area contributed by atoms with Crippen molar-refractivity contribution < 1.29 is 0 Å². The second kappa shape index (κ2) is 18.1. The van der Waals surface area contributed by atoms with Gasteiger partial charge in [0, 0.05) is 12.8 Å². The van der Waals surface area contributed by atoms with Crippen LogP contribution in [-0.4, -0.2) is 0 Å². The van der Waals surface area contributed by atoms with Gasteiger partial charge in [0.25, 0.3) is 0 Å². The summed E-state index contributed by atoms with van der Waals surface area (Å²) in [7, 11) is 0. The van der Waals surface area contributed by atoms with Crippen LogP contribution >= 0.6 is 0 Å². The minimum Gasteiger partial charge on any atom is -0.0891 e. The fraction of sp³-hybridized carbons (Fsp3) is 0.800. The maximum absolute atomic E-state index is 3.17. The van der Waals surface area contributed by atoms with Crippen molar-refractivity contribution in [1.29, 1.82) is 0 Å². The molecule has 114 valence electrons. The molecule has 0 N–H and O–H groups in total. The van der Waals surface area contributed by atoms with Gasteiger partial charge in [-0.2, -0.15) is 0 Å². The fourth-order valence-corrected chi connectivity index (χ4v) is 2.20. The van der Waals surface area contributed by atoms with E-state index in [1.165, 1.54) is 77.0 Å². The Labute approximate surface area is 128 Å². The topological polar surface area (TPSA) is 0 Å². The van der Waals surface area contributed by atoms with E-state index < -0.39 is 0 Å². The van der Waals surface area contributed by atoms with Gasteiger partial charge in [-0.25, -0.2) is 0 Å². The molecule has 0 bridgehead atoms. The molecule has 0 saturated carbocycles. The summed E-state index contributed by atoms with van der Waals surface area (Å²) in [5.74, 6) is 12.3. The molecule has 0 radical (unpaired) electrons. The van der Waals surface area contributed by atoms with Gasteiger partial charge in [0.1, 0.15) is 0 Å². The van der Waals surface area contributed by atoms with Gasteiger partial charge in [-0.1, -0.05) is 89.9 Å². The van der Waals surface area contributed by atoms with Gasteiger partial charge in [-0.05, 0) is 24.7 Å². The van der Waals surface area contributed by atoms with Crippen molar-refractivity contribution >= 4 is 0 Å². The molecule has 0 spiro atoms. The Kier molecular flexibility index (Phi) is 17.3. The summed E-state index contributed by atoms with van der Waals surface area (Å²) in [6.07, 6.45) is 18.2. The Morgan fingerprint density at radius 1 is 0.450 bits per heavy atom. The van der Waals surface area contributed by atoms with E-state index in [-0.39, 0.29) is 0 Å². The number of hydrogen-bond acceptors (Lipinski definition) is 0. The van der Waals surface area contributed by atoms with Crippen molar-refractivity contribution in [3.63, 3.8) is 0 Å². The minimum atomic E-state index is 1.03. The monoisotopic (exact) mass is 274 g/mol. The molecule has 0 atom stereocenters. The minimum absolute atomic E-state index is 1.03. The lowest BCUT2D eigenvalue weighted by Crippen LogP contribution is -1.78. The molecule has 0 heteroatoms. The first-order valence-electron chi connectivity index (χ1n) is 8.87. The summed E-state index contributed by atoms with van der Waals surface area (Å²) in [5.41, 5.74) is 0. The van der Waals surface area contributed by atoms with Crippen LogP contribution in [0.3, 0.4) is 0 Å². The molecular formula is C20H34. The van der Waals surface area contributed by atoms with Crippen LogP contribution in [-0.2, 0) is 0 Å². The van der Waals surface area contributed by atoms with Crippen molar-refractivity contribution in [2.45, 2.75) is 104 Å². The van der Waals surface area contributed by atoms with Gasteiger partial charge < -0.3 is 0 Å². The van der Waals surface area contributed by atoms with Gasteiger partial charge in [0.05, 0.1) is 0 Å². The average Bonchev–Trinajstić information content (AvgIpc) is 2.47. The van der Waals surface area contributed by atoms with E-state index in [0.29, 0.717) is 0 Å². The van der Waals surface area contributed by atoms with Gasteiger partial charge >= 0.3 is 0 Å². The molecule has 20 heavy (non-hydrogen) atoms. The second-order valence-electron chi connectivity index (χ2n) is 5.64. The lowest BCUT2D eigenvalue weighted by Gasteiger charge is -1.96. The summed E-state index contributed by atoms with van der Waals surface area (Å²) in [5, 5.41) is 0. The van der Waals surface area contributed by atoms with E-state index in [1.54, 1.807) is 0 Å². The molecule has 0 aromatic heterocycles. The second-order valence-corrected chi connectivity index (χ2v) is 5.64. The quantitative estimate of drug-likeness (QED) is 0.282. The van der Waals surface area contributed by atoms with Gasteiger partial charge in [0.2, 0.25) is 0 Å². The van der Waals surface area contributed by atoms with Crippen molar-refractivity contribution in [2.75, 3.05) is 0 Å². The van der Waals surface area contributed by atoms with E-state index in [1.807, 2.05) is 0 Å². The Morgan fingerprint density at radius 3 is 1.20 bits per heavy atom. The van der Waals surface area contributed by atoms with E-state index in [4.69, 9.17) is 0 Å². The van der Waals surface area contributed by atoms with Crippen LogP contribution in [0, 0.1) is 23.7 Å². The van der Waals surface area contributed by atoms with E-state index >= 15 is 0 Å². The highest BCUT2D eigenvalue weighted by Gasteiger charge is 1.88. The number of rotatable bonds is 12. The lowest BCUT2D eigenvalue weighted by molar-refractivity contribution is 0.613. The largest absolute Gasteiger partial charge is 0.0891 e. The van der Waals surface area contributed by atoms with Gasteiger partial charge in [-0.3, -0.25) is 0 Å². The highest BCUT2D eigenvalue weighted by molar-refractivity contribution is 5.25. The van der Waals surface area contributed by atoms with Gasteiger partial charge in [-0.15, -0.1) is 0 Å². The standard InChI is InChI=1S/C20H34/c1-3-5-7-9-11-13-15-17-19-20-18-16-14-12-10-8-6-4-2/h3-16H2,1-2H3. The molecule has 0 amide bonds. The predicted molar refractivity (Wildman–Crippen MR) is 91.5 cm³/mol.